The molecular formula is C43H53N7O5. The highest BCUT2D eigenvalue weighted by atomic mass is 16.5. The third kappa shape index (κ3) is 7.85. The van der Waals surface area contributed by atoms with Gasteiger partial charge in [0.2, 0.25) is 11.8 Å². The highest BCUT2D eigenvalue weighted by Crippen LogP contribution is 2.45. The van der Waals surface area contributed by atoms with Gasteiger partial charge < -0.3 is 34.6 Å². The molecule has 4 aromatic rings. The van der Waals surface area contributed by atoms with Crippen molar-refractivity contribution < 1.29 is 23.9 Å². The average molecular weight is 748 g/mol. The minimum Gasteiger partial charge on any atom is -0.453 e. The second-order valence-corrected chi connectivity index (χ2v) is 16.4. The number of aromatic nitrogens is 4. The van der Waals surface area contributed by atoms with Gasteiger partial charge >= 0.3 is 6.09 Å². The van der Waals surface area contributed by atoms with Gasteiger partial charge in [0.15, 0.2) is 0 Å². The Morgan fingerprint density at radius 1 is 0.945 bits per heavy atom. The third-order valence-corrected chi connectivity index (χ3v) is 11.7. The highest BCUT2D eigenvalue weighted by molar-refractivity contribution is 5.86. The van der Waals surface area contributed by atoms with E-state index in [4.69, 9.17) is 19.4 Å². The molecule has 2 aromatic carbocycles. The Kier molecular flexibility index (Phi) is 10.8. The Morgan fingerprint density at radius 3 is 2.38 bits per heavy atom. The minimum atomic E-state index is -0.694. The molecule has 3 saturated heterocycles. The number of benzene rings is 2. The predicted molar refractivity (Wildman–Crippen MR) is 209 cm³/mol. The van der Waals surface area contributed by atoms with Gasteiger partial charge in [-0.15, -0.1) is 0 Å². The Hall–Kier alpha value is -5.15. The number of hydrogen-bond donors (Lipinski definition) is 3. The zero-order valence-electron chi connectivity index (χ0n) is 32.9. The lowest BCUT2D eigenvalue weighted by molar-refractivity contribution is -0.138. The molecule has 290 valence electrons. The van der Waals surface area contributed by atoms with E-state index in [1.54, 1.807) is 6.20 Å². The van der Waals surface area contributed by atoms with E-state index in [0.29, 0.717) is 13.1 Å². The van der Waals surface area contributed by atoms with Crippen LogP contribution < -0.4 is 5.32 Å². The maximum Gasteiger partial charge on any atom is 0.407 e. The number of carbonyl (C=O) groups excluding carboxylic acids is 3. The summed E-state index contributed by atoms with van der Waals surface area (Å²) in [6.07, 6.45) is 4.68. The van der Waals surface area contributed by atoms with Gasteiger partial charge in [0.1, 0.15) is 17.7 Å². The number of ether oxygens (including phenoxy) is 2. The summed E-state index contributed by atoms with van der Waals surface area (Å²) in [5, 5.41) is 2.71. The van der Waals surface area contributed by atoms with Crippen molar-refractivity contribution in [3.8, 4) is 23.1 Å². The van der Waals surface area contributed by atoms with Gasteiger partial charge in [0, 0.05) is 36.6 Å². The van der Waals surface area contributed by atoms with Crippen molar-refractivity contribution in [2.24, 2.45) is 23.7 Å². The molecule has 3 amide bonds. The number of imidazole rings is 2. The summed E-state index contributed by atoms with van der Waals surface area (Å²) in [5.74, 6) is 8.48. The van der Waals surface area contributed by atoms with Gasteiger partial charge in [-0.2, -0.15) is 0 Å². The molecule has 1 spiro atoms. The van der Waals surface area contributed by atoms with Gasteiger partial charge in [-0.25, -0.2) is 14.8 Å². The molecule has 0 aliphatic carbocycles. The van der Waals surface area contributed by atoms with Crippen molar-refractivity contribution in [3.05, 3.63) is 71.4 Å². The monoisotopic (exact) mass is 747 g/mol. The van der Waals surface area contributed by atoms with E-state index < -0.39 is 12.1 Å². The molecule has 5 heterocycles. The Morgan fingerprint density at radius 2 is 1.69 bits per heavy atom. The standard InChI is InChI=1S/C43H53N7O5/c1-25(2)28(6)40(51)50-24-43(17-8-18-55-43)21-36(50)39-45-32-16-13-30(20-33(32)46-39)10-9-29-11-14-31(15-12-29)34-22-44-38(47-34)35-19-27(5)23-49(35)41(52)37(26(3)4)48-42(53)54-7/h11-16,20,22,25-28,35-37H,8,17-19,21,23-24H2,1-7H3,(H,44,47)(H,45,46)(H,48,53)/t27-,28-,35-,36-,37-,43-/m0/s1. The average Bonchev–Trinajstić information content (AvgIpc) is 4.03. The van der Waals surface area contributed by atoms with E-state index in [9.17, 15) is 14.4 Å². The SMILES string of the molecule is COC(=O)N[C@H](C(=O)N1C[C@@H](C)C[C@H]1c1ncc(-c2ccc(C#Cc3ccc4nc([C@@H]5C[C@@]6(CCCO6)CN5C(=O)[C@@H](C)C(C)C)[nH]c4c3)cc2)[nH]1)C(C)C. The summed E-state index contributed by atoms with van der Waals surface area (Å²) < 4.78 is 11.0. The summed E-state index contributed by atoms with van der Waals surface area (Å²) in [4.78, 5) is 59.8. The quantitative estimate of drug-likeness (QED) is 0.169. The number of rotatable bonds is 8. The van der Waals surface area contributed by atoms with Crippen LogP contribution in [-0.4, -0.2) is 86.1 Å². The molecule has 0 saturated carbocycles. The number of hydrogen-bond acceptors (Lipinski definition) is 7. The van der Waals surface area contributed by atoms with E-state index in [0.717, 1.165) is 77.4 Å². The minimum absolute atomic E-state index is 0.0812. The van der Waals surface area contributed by atoms with Crippen molar-refractivity contribution in [2.75, 3.05) is 26.8 Å². The number of carbonyl (C=O) groups is 3. The molecule has 3 N–H and O–H groups in total. The van der Waals surface area contributed by atoms with Crippen LogP contribution in [0.1, 0.15) is 102 Å². The lowest BCUT2D eigenvalue weighted by Gasteiger charge is -2.30. The van der Waals surface area contributed by atoms with Crippen molar-refractivity contribution in [1.82, 2.24) is 35.1 Å². The summed E-state index contributed by atoms with van der Waals surface area (Å²) in [6.45, 7) is 14.1. The molecule has 0 bridgehead atoms. The van der Waals surface area contributed by atoms with Crippen LogP contribution in [0.15, 0.2) is 48.7 Å². The smallest absolute Gasteiger partial charge is 0.407 e. The van der Waals surface area contributed by atoms with Crippen molar-refractivity contribution in [2.45, 2.75) is 91.0 Å². The normalized spacial score (nSPS) is 23.4. The van der Waals surface area contributed by atoms with Crippen LogP contribution in [-0.2, 0) is 19.1 Å². The van der Waals surface area contributed by atoms with Crippen molar-refractivity contribution >= 4 is 28.9 Å². The van der Waals surface area contributed by atoms with Crippen LogP contribution in [0.3, 0.4) is 0 Å². The number of H-pyrrole nitrogens is 2. The molecule has 3 aliphatic heterocycles. The molecule has 0 unspecified atom stereocenters. The predicted octanol–water partition coefficient (Wildman–Crippen LogP) is 6.76. The van der Waals surface area contributed by atoms with Gasteiger partial charge in [-0.05, 0) is 72.9 Å². The molecule has 3 fully saturated rings. The summed E-state index contributed by atoms with van der Waals surface area (Å²) >= 11 is 0. The molecule has 12 nitrogen and oxygen atoms in total. The first kappa shape index (κ1) is 38.1. The van der Waals surface area contributed by atoms with E-state index in [1.807, 2.05) is 73.0 Å². The number of nitrogens with one attached hydrogen (secondary N) is 3. The maximum atomic E-state index is 13.7. The first-order valence-corrected chi connectivity index (χ1v) is 19.6. The number of amides is 3. The molecule has 2 aromatic heterocycles. The van der Waals surface area contributed by atoms with Gasteiger partial charge in [0.05, 0.1) is 54.3 Å². The van der Waals surface area contributed by atoms with E-state index in [-0.39, 0.29) is 53.2 Å². The number of likely N-dealkylation sites (tertiary alicyclic amines) is 2. The van der Waals surface area contributed by atoms with Crippen molar-refractivity contribution in [3.63, 3.8) is 0 Å². The topological polar surface area (TPSA) is 146 Å². The van der Waals surface area contributed by atoms with Crippen LogP contribution in [0.4, 0.5) is 4.79 Å². The fourth-order valence-corrected chi connectivity index (χ4v) is 8.23. The number of fused-ring (bicyclic) bond motifs is 1. The molecule has 12 heteroatoms. The Bertz CT molecular complexity index is 2100. The molecule has 0 radical (unpaired) electrons. The fraction of sp³-hybridized carbons (Fsp3) is 0.512. The van der Waals surface area contributed by atoms with Gasteiger partial charge in [-0.1, -0.05) is 65.5 Å². The van der Waals surface area contributed by atoms with E-state index in [2.05, 4.69) is 47.9 Å². The first-order valence-electron chi connectivity index (χ1n) is 19.6. The van der Waals surface area contributed by atoms with Crippen molar-refractivity contribution in [1.29, 1.82) is 0 Å². The lowest BCUT2D eigenvalue weighted by atomic mass is 9.96. The summed E-state index contributed by atoms with van der Waals surface area (Å²) in [7, 11) is 1.29. The number of nitrogens with zero attached hydrogens (tertiary/aromatic N) is 4. The second-order valence-electron chi connectivity index (χ2n) is 16.4. The molecule has 6 atom stereocenters. The van der Waals surface area contributed by atoms with Gasteiger partial charge in [-0.3, -0.25) is 9.59 Å². The Balaban J connectivity index is 1.05. The second kappa shape index (κ2) is 15.5. The Labute approximate surface area is 323 Å². The van der Waals surface area contributed by atoms with E-state index >= 15 is 0 Å². The van der Waals surface area contributed by atoms with Crippen LogP contribution in [0.25, 0.3) is 22.3 Å². The largest absolute Gasteiger partial charge is 0.453 e. The molecule has 7 rings (SSSR count). The molecule has 55 heavy (non-hydrogen) atoms. The third-order valence-electron chi connectivity index (χ3n) is 11.7. The van der Waals surface area contributed by atoms with Gasteiger partial charge in [0.25, 0.3) is 0 Å². The van der Waals surface area contributed by atoms with Crippen LogP contribution in [0, 0.1) is 35.5 Å². The first-order chi connectivity index (χ1) is 26.3. The summed E-state index contributed by atoms with van der Waals surface area (Å²) in [6, 6.07) is 12.9. The number of aromatic amines is 2. The van der Waals surface area contributed by atoms with Crippen LogP contribution >= 0.6 is 0 Å². The van der Waals surface area contributed by atoms with E-state index in [1.165, 1.54) is 7.11 Å². The molecular weight excluding hydrogens is 695 g/mol. The maximum absolute atomic E-state index is 13.7. The highest BCUT2D eigenvalue weighted by Gasteiger charge is 2.50. The zero-order chi connectivity index (χ0) is 39.0. The van der Waals surface area contributed by atoms with Crippen LogP contribution in [0.5, 0.6) is 0 Å². The zero-order valence-corrected chi connectivity index (χ0v) is 32.9. The lowest BCUT2D eigenvalue weighted by Crippen LogP contribution is -2.51. The number of methoxy groups -OCH3 is 1. The summed E-state index contributed by atoms with van der Waals surface area (Å²) in [5.41, 5.74) is 4.98. The van der Waals surface area contributed by atoms with Crippen LogP contribution in [0.2, 0.25) is 0 Å². The number of alkyl carbamates (subject to hydrolysis) is 1. The molecule has 3 aliphatic rings. The fourth-order valence-electron chi connectivity index (χ4n) is 8.23.